The van der Waals surface area contributed by atoms with E-state index in [1.54, 1.807) is 18.2 Å². The Bertz CT molecular complexity index is 1320. The molecule has 2 heterocycles. The van der Waals surface area contributed by atoms with Gasteiger partial charge in [-0.25, -0.2) is 22.8 Å². The lowest BCUT2D eigenvalue weighted by Crippen LogP contribution is -2.50. The van der Waals surface area contributed by atoms with Crippen LogP contribution < -0.4 is 14.8 Å². The zero-order valence-corrected chi connectivity index (χ0v) is 24.8. The third-order valence-corrected chi connectivity index (χ3v) is 6.98. The van der Waals surface area contributed by atoms with Crippen molar-refractivity contribution >= 4 is 29.6 Å². The number of nitrogens with one attached hydrogen (secondary N) is 1. The number of carbonyl (C=O) groups excluding carboxylic acids is 1. The molecular formula is C30H37F3N4O8. The standard InChI is InChI=1S/C28H35F3N4O4.C2H2O4/c1-37-24-18-23(32-27(36)3-2-21-16-22(29)17-26(30)28(21)31)19-25(20-24)39-15-12-34-7-4-33(5-8-34)6-9-35-10-13-38-14-11-35;3-1(4)2(5)6/h2-3,16-20H,4-15H2,1H3,(H,32,36);(H,3,4)(H,5,6)/b3-2+;. The Balaban J connectivity index is 0.000000838. The highest BCUT2D eigenvalue weighted by Gasteiger charge is 2.18. The van der Waals surface area contributed by atoms with Crippen molar-refractivity contribution in [1.82, 2.24) is 14.7 Å². The first-order valence-electron chi connectivity index (χ1n) is 14.2. The number of ether oxygens (including phenoxy) is 3. The lowest BCUT2D eigenvalue weighted by atomic mass is 10.2. The van der Waals surface area contributed by atoms with E-state index in [0.29, 0.717) is 29.9 Å². The third kappa shape index (κ3) is 12.4. The molecule has 246 valence electrons. The summed E-state index contributed by atoms with van der Waals surface area (Å²) in [5, 5.41) is 17.4. The van der Waals surface area contributed by atoms with Crippen molar-refractivity contribution in [3.8, 4) is 11.5 Å². The molecule has 0 aromatic heterocycles. The number of methoxy groups -OCH3 is 1. The van der Waals surface area contributed by atoms with E-state index in [2.05, 4.69) is 20.0 Å². The lowest BCUT2D eigenvalue weighted by Gasteiger charge is -2.36. The number of carboxylic acid groups (broad SMARTS) is 2. The molecule has 3 N–H and O–H groups in total. The molecule has 0 bridgehead atoms. The zero-order valence-electron chi connectivity index (χ0n) is 24.8. The van der Waals surface area contributed by atoms with Gasteiger partial charge in [-0.1, -0.05) is 0 Å². The Kier molecular flexibility index (Phi) is 14.1. The number of hydrogen-bond donors (Lipinski definition) is 3. The number of nitrogens with zero attached hydrogens (tertiary/aromatic N) is 3. The van der Waals surface area contributed by atoms with E-state index in [4.69, 9.17) is 34.0 Å². The largest absolute Gasteiger partial charge is 0.497 e. The molecule has 0 saturated carbocycles. The van der Waals surface area contributed by atoms with Crippen molar-refractivity contribution in [2.75, 3.05) is 91.2 Å². The van der Waals surface area contributed by atoms with Crippen LogP contribution in [-0.2, 0) is 19.1 Å². The highest BCUT2D eigenvalue weighted by Crippen LogP contribution is 2.26. The summed E-state index contributed by atoms with van der Waals surface area (Å²) >= 11 is 0. The molecule has 1 amide bonds. The predicted molar refractivity (Wildman–Crippen MR) is 158 cm³/mol. The molecule has 15 heteroatoms. The van der Waals surface area contributed by atoms with Gasteiger partial charge in [0.2, 0.25) is 5.91 Å². The van der Waals surface area contributed by atoms with E-state index in [0.717, 1.165) is 90.3 Å². The van der Waals surface area contributed by atoms with E-state index < -0.39 is 35.3 Å². The second-order valence-electron chi connectivity index (χ2n) is 10.1. The van der Waals surface area contributed by atoms with Crippen LogP contribution in [0.3, 0.4) is 0 Å². The summed E-state index contributed by atoms with van der Waals surface area (Å²) in [7, 11) is 1.50. The van der Waals surface area contributed by atoms with Gasteiger partial charge in [0.1, 0.15) is 23.9 Å². The zero-order chi connectivity index (χ0) is 32.8. The maximum Gasteiger partial charge on any atom is 0.414 e. The lowest BCUT2D eigenvalue weighted by molar-refractivity contribution is -0.159. The molecule has 0 spiro atoms. The van der Waals surface area contributed by atoms with Crippen LogP contribution in [0, 0.1) is 17.5 Å². The van der Waals surface area contributed by atoms with Crippen molar-refractivity contribution in [3.63, 3.8) is 0 Å². The summed E-state index contributed by atoms with van der Waals surface area (Å²) in [5.74, 6) is -6.74. The molecule has 2 aliphatic rings. The van der Waals surface area contributed by atoms with Gasteiger partial charge in [-0.05, 0) is 12.1 Å². The number of halogens is 3. The van der Waals surface area contributed by atoms with Crippen LogP contribution >= 0.6 is 0 Å². The molecule has 4 rings (SSSR count). The molecule has 2 saturated heterocycles. The highest BCUT2D eigenvalue weighted by molar-refractivity contribution is 6.27. The average Bonchev–Trinajstić information content (AvgIpc) is 3.02. The van der Waals surface area contributed by atoms with Crippen molar-refractivity contribution < 1.29 is 52.0 Å². The molecule has 12 nitrogen and oxygen atoms in total. The number of aliphatic carboxylic acids is 2. The quantitative estimate of drug-likeness (QED) is 0.190. The van der Waals surface area contributed by atoms with E-state index in [1.807, 2.05) is 0 Å². The minimum Gasteiger partial charge on any atom is -0.497 e. The molecule has 2 fully saturated rings. The van der Waals surface area contributed by atoms with Crippen LogP contribution in [0.2, 0.25) is 0 Å². The molecule has 2 aromatic carbocycles. The van der Waals surface area contributed by atoms with Crippen molar-refractivity contribution in [1.29, 1.82) is 0 Å². The Morgan fingerprint density at radius 1 is 0.844 bits per heavy atom. The van der Waals surface area contributed by atoms with Gasteiger partial charge in [-0.3, -0.25) is 19.5 Å². The summed E-state index contributed by atoms with van der Waals surface area (Å²) in [5.41, 5.74) is 0.0361. The van der Waals surface area contributed by atoms with Crippen LogP contribution in [-0.4, -0.2) is 129 Å². The first-order valence-corrected chi connectivity index (χ1v) is 14.2. The molecule has 0 aliphatic carbocycles. The third-order valence-electron chi connectivity index (χ3n) is 6.98. The molecule has 0 atom stereocenters. The van der Waals surface area contributed by atoms with Crippen LogP contribution in [0.4, 0.5) is 18.9 Å². The van der Waals surface area contributed by atoms with Crippen molar-refractivity contribution in [2.45, 2.75) is 0 Å². The number of amides is 1. The van der Waals surface area contributed by atoms with Gasteiger partial charge >= 0.3 is 11.9 Å². The first kappa shape index (κ1) is 35.3. The topological polar surface area (TPSA) is 141 Å². The molecule has 2 aromatic rings. The van der Waals surface area contributed by atoms with Crippen molar-refractivity contribution in [2.24, 2.45) is 0 Å². The normalized spacial score (nSPS) is 16.1. The van der Waals surface area contributed by atoms with Gasteiger partial charge in [-0.2, -0.15) is 0 Å². The maximum atomic E-state index is 13.8. The number of morpholine rings is 1. The number of carbonyl (C=O) groups is 3. The van der Waals surface area contributed by atoms with Crippen LogP contribution in [0.1, 0.15) is 5.56 Å². The van der Waals surface area contributed by atoms with Gasteiger partial charge in [0.15, 0.2) is 11.6 Å². The fraction of sp³-hybridized carbons (Fsp3) is 0.433. The summed E-state index contributed by atoms with van der Waals surface area (Å²) < 4.78 is 57.2. The Morgan fingerprint density at radius 3 is 2.02 bits per heavy atom. The van der Waals surface area contributed by atoms with Crippen molar-refractivity contribution in [3.05, 3.63) is 59.4 Å². The van der Waals surface area contributed by atoms with E-state index >= 15 is 0 Å². The Hall–Kier alpha value is -4.18. The van der Waals surface area contributed by atoms with Crippen LogP contribution in [0.15, 0.2) is 36.4 Å². The number of anilines is 1. The van der Waals surface area contributed by atoms with E-state index in [-0.39, 0.29) is 5.56 Å². The number of piperazine rings is 1. The second-order valence-corrected chi connectivity index (χ2v) is 10.1. The summed E-state index contributed by atoms with van der Waals surface area (Å²) in [6.07, 6.45) is 2.01. The fourth-order valence-electron chi connectivity index (χ4n) is 4.53. The maximum absolute atomic E-state index is 13.8. The number of rotatable bonds is 11. The van der Waals surface area contributed by atoms with E-state index in [9.17, 15) is 18.0 Å². The number of carboxylic acids is 2. The Labute approximate surface area is 258 Å². The van der Waals surface area contributed by atoms with Gasteiger partial charge in [-0.15, -0.1) is 0 Å². The van der Waals surface area contributed by atoms with Gasteiger partial charge in [0.05, 0.1) is 20.3 Å². The Morgan fingerprint density at radius 2 is 1.42 bits per heavy atom. The second kappa shape index (κ2) is 17.9. The minimum atomic E-state index is -1.82. The predicted octanol–water partition coefficient (Wildman–Crippen LogP) is 2.25. The summed E-state index contributed by atoms with van der Waals surface area (Å²) in [4.78, 5) is 37.9. The molecule has 0 unspecified atom stereocenters. The fourth-order valence-corrected chi connectivity index (χ4v) is 4.53. The monoisotopic (exact) mass is 638 g/mol. The SMILES string of the molecule is COc1cc(NC(=O)/C=C/c2cc(F)cc(F)c2F)cc(OCCN2CCN(CCN3CCOCC3)CC2)c1.O=C(O)C(=O)O. The summed E-state index contributed by atoms with van der Waals surface area (Å²) in [6.45, 7) is 11.1. The number of hydrogen-bond acceptors (Lipinski definition) is 9. The molecule has 2 aliphatic heterocycles. The van der Waals surface area contributed by atoms with Crippen LogP contribution in [0.5, 0.6) is 11.5 Å². The van der Waals surface area contributed by atoms with Gasteiger partial charge < -0.3 is 29.7 Å². The molecular weight excluding hydrogens is 601 g/mol. The van der Waals surface area contributed by atoms with Crippen LogP contribution in [0.25, 0.3) is 6.08 Å². The average molecular weight is 639 g/mol. The smallest absolute Gasteiger partial charge is 0.414 e. The first-order chi connectivity index (χ1) is 21.5. The molecule has 45 heavy (non-hydrogen) atoms. The van der Waals surface area contributed by atoms with Gasteiger partial charge in [0, 0.05) is 100 Å². The highest BCUT2D eigenvalue weighted by atomic mass is 19.2. The minimum absolute atomic E-state index is 0.366. The number of benzene rings is 2. The van der Waals surface area contributed by atoms with E-state index in [1.165, 1.54) is 7.11 Å². The van der Waals surface area contributed by atoms with Gasteiger partial charge in [0.25, 0.3) is 0 Å². The molecule has 0 radical (unpaired) electrons. The summed E-state index contributed by atoms with van der Waals surface area (Å²) in [6, 6.07) is 6.24.